The molecule has 0 spiro atoms. The molecule has 0 unspecified atom stereocenters. The summed E-state index contributed by atoms with van der Waals surface area (Å²) in [5.74, 6) is 1.69. The molecule has 0 aliphatic carbocycles. The van der Waals surface area contributed by atoms with Crippen LogP contribution in [-0.2, 0) is 6.54 Å². The van der Waals surface area contributed by atoms with Gasteiger partial charge in [0, 0.05) is 24.0 Å². The first-order valence-corrected chi connectivity index (χ1v) is 5.76. The van der Waals surface area contributed by atoms with E-state index in [4.69, 9.17) is 4.74 Å². The van der Waals surface area contributed by atoms with Gasteiger partial charge in [0.2, 0.25) is 0 Å². The number of fused-ring (bicyclic) bond motifs is 1. The Morgan fingerprint density at radius 3 is 2.72 bits per heavy atom. The minimum atomic E-state index is 0.664. The van der Waals surface area contributed by atoms with Crippen LogP contribution in [0, 0.1) is 0 Å². The summed E-state index contributed by atoms with van der Waals surface area (Å²) >= 11 is 0. The van der Waals surface area contributed by atoms with Gasteiger partial charge in [0.25, 0.3) is 0 Å². The van der Waals surface area contributed by atoms with Crippen molar-refractivity contribution < 1.29 is 4.74 Å². The zero-order valence-corrected chi connectivity index (χ0v) is 10.1. The Morgan fingerprint density at radius 1 is 1.11 bits per heavy atom. The summed E-state index contributed by atoms with van der Waals surface area (Å²) in [6.45, 7) is 0.664. The normalized spacial score (nSPS) is 10.7. The van der Waals surface area contributed by atoms with Crippen molar-refractivity contribution in [3.8, 4) is 5.75 Å². The van der Waals surface area contributed by atoms with Gasteiger partial charge in [-0.15, -0.1) is 0 Å². The molecule has 0 amide bonds. The van der Waals surface area contributed by atoms with E-state index in [2.05, 4.69) is 26.7 Å². The standard InChI is InChI=1S/C14H13N3O/c1-18-13-5-2-4-12-11(13)6-9-17(12)10-14-15-7-3-8-16-14/h2-9H,10H2,1H3. The van der Waals surface area contributed by atoms with Crippen LogP contribution in [0.2, 0.25) is 0 Å². The van der Waals surface area contributed by atoms with E-state index in [-0.39, 0.29) is 0 Å². The zero-order chi connectivity index (χ0) is 12.4. The summed E-state index contributed by atoms with van der Waals surface area (Å²) in [5, 5.41) is 1.11. The van der Waals surface area contributed by atoms with Gasteiger partial charge >= 0.3 is 0 Å². The summed E-state index contributed by atoms with van der Waals surface area (Å²) in [5.41, 5.74) is 1.13. The fourth-order valence-corrected chi connectivity index (χ4v) is 2.08. The molecule has 0 aliphatic rings. The largest absolute Gasteiger partial charge is 0.496 e. The summed E-state index contributed by atoms with van der Waals surface area (Å²) in [7, 11) is 1.69. The summed E-state index contributed by atoms with van der Waals surface area (Å²) in [6, 6.07) is 9.90. The predicted molar refractivity (Wildman–Crippen MR) is 69.6 cm³/mol. The summed E-state index contributed by atoms with van der Waals surface area (Å²) in [4.78, 5) is 8.48. The van der Waals surface area contributed by atoms with Crippen LogP contribution in [0.4, 0.5) is 0 Å². The molecule has 2 heterocycles. The second-order valence-electron chi connectivity index (χ2n) is 4.00. The van der Waals surface area contributed by atoms with E-state index in [9.17, 15) is 0 Å². The third-order valence-corrected chi connectivity index (χ3v) is 2.92. The highest BCUT2D eigenvalue weighted by atomic mass is 16.5. The molecule has 0 N–H and O–H groups in total. The number of benzene rings is 1. The van der Waals surface area contributed by atoms with Gasteiger partial charge in [-0.1, -0.05) is 6.07 Å². The van der Waals surface area contributed by atoms with Crippen molar-refractivity contribution in [2.45, 2.75) is 6.54 Å². The van der Waals surface area contributed by atoms with E-state index in [1.807, 2.05) is 24.4 Å². The van der Waals surface area contributed by atoms with Crippen LogP contribution >= 0.6 is 0 Å². The van der Waals surface area contributed by atoms with Crippen molar-refractivity contribution in [1.29, 1.82) is 0 Å². The van der Waals surface area contributed by atoms with Crippen LogP contribution < -0.4 is 4.74 Å². The van der Waals surface area contributed by atoms with Gasteiger partial charge in [-0.25, -0.2) is 9.97 Å². The topological polar surface area (TPSA) is 39.9 Å². The minimum Gasteiger partial charge on any atom is -0.496 e. The molecule has 0 bridgehead atoms. The number of ether oxygens (including phenoxy) is 1. The lowest BCUT2D eigenvalue weighted by Crippen LogP contribution is -2.02. The molecule has 90 valence electrons. The first-order valence-electron chi connectivity index (χ1n) is 5.76. The molecule has 0 fully saturated rings. The first-order chi connectivity index (χ1) is 8.88. The molecular formula is C14H13N3O. The minimum absolute atomic E-state index is 0.664. The van der Waals surface area contributed by atoms with Crippen LogP contribution in [0.3, 0.4) is 0 Å². The van der Waals surface area contributed by atoms with Crippen LogP contribution in [0.25, 0.3) is 10.9 Å². The molecular weight excluding hydrogens is 226 g/mol. The summed E-state index contributed by atoms with van der Waals surface area (Å²) < 4.78 is 7.46. The van der Waals surface area contributed by atoms with Crippen molar-refractivity contribution in [1.82, 2.24) is 14.5 Å². The number of nitrogens with zero attached hydrogens (tertiary/aromatic N) is 3. The molecule has 1 aromatic carbocycles. The second-order valence-corrected chi connectivity index (χ2v) is 4.00. The highest BCUT2D eigenvalue weighted by Gasteiger charge is 2.06. The lowest BCUT2D eigenvalue weighted by Gasteiger charge is -2.05. The number of rotatable bonds is 3. The lowest BCUT2D eigenvalue weighted by molar-refractivity contribution is 0.420. The third-order valence-electron chi connectivity index (χ3n) is 2.92. The highest BCUT2D eigenvalue weighted by molar-refractivity contribution is 5.86. The summed E-state index contributed by atoms with van der Waals surface area (Å²) in [6.07, 6.45) is 5.55. The van der Waals surface area contributed by atoms with Crippen molar-refractivity contribution in [3.05, 3.63) is 54.7 Å². The van der Waals surface area contributed by atoms with Crippen LogP contribution in [0.15, 0.2) is 48.9 Å². The Bertz CT molecular complexity index is 661. The second kappa shape index (κ2) is 4.49. The number of hydrogen-bond acceptors (Lipinski definition) is 3. The van der Waals surface area contributed by atoms with Crippen molar-refractivity contribution >= 4 is 10.9 Å². The number of hydrogen-bond donors (Lipinski definition) is 0. The average Bonchev–Trinajstić information content (AvgIpc) is 2.83. The monoisotopic (exact) mass is 239 g/mol. The van der Waals surface area contributed by atoms with Gasteiger partial charge in [-0.05, 0) is 24.3 Å². The van der Waals surface area contributed by atoms with Gasteiger partial charge in [-0.2, -0.15) is 0 Å². The van der Waals surface area contributed by atoms with E-state index in [0.717, 1.165) is 22.5 Å². The fourth-order valence-electron chi connectivity index (χ4n) is 2.08. The van der Waals surface area contributed by atoms with Crippen LogP contribution in [-0.4, -0.2) is 21.6 Å². The lowest BCUT2D eigenvalue weighted by atomic mass is 10.2. The molecule has 2 aromatic heterocycles. The Kier molecular flexibility index (Phi) is 2.68. The van der Waals surface area contributed by atoms with E-state index in [1.165, 1.54) is 0 Å². The molecule has 0 saturated carbocycles. The van der Waals surface area contributed by atoms with E-state index in [1.54, 1.807) is 19.5 Å². The SMILES string of the molecule is COc1cccc2c1ccn2Cc1ncccn1. The molecule has 0 saturated heterocycles. The average molecular weight is 239 g/mol. The Morgan fingerprint density at radius 2 is 1.94 bits per heavy atom. The van der Waals surface area contributed by atoms with Crippen molar-refractivity contribution in [2.24, 2.45) is 0 Å². The van der Waals surface area contributed by atoms with Crippen LogP contribution in [0.1, 0.15) is 5.82 Å². The van der Waals surface area contributed by atoms with E-state index >= 15 is 0 Å². The maximum atomic E-state index is 5.35. The van der Waals surface area contributed by atoms with Gasteiger partial charge in [0.15, 0.2) is 0 Å². The molecule has 0 aliphatic heterocycles. The maximum absolute atomic E-state index is 5.35. The quantitative estimate of drug-likeness (QED) is 0.705. The predicted octanol–water partition coefficient (Wildman–Crippen LogP) is 2.49. The molecule has 3 aromatic rings. The molecule has 3 rings (SSSR count). The van der Waals surface area contributed by atoms with Gasteiger partial charge < -0.3 is 9.30 Å². The molecule has 4 nitrogen and oxygen atoms in total. The Balaban J connectivity index is 2.03. The van der Waals surface area contributed by atoms with E-state index < -0.39 is 0 Å². The highest BCUT2D eigenvalue weighted by Crippen LogP contribution is 2.26. The third kappa shape index (κ3) is 1.82. The molecule has 18 heavy (non-hydrogen) atoms. The van der Waals surface area contributed by atoms with Crippen LogP contribution in [0.5, 0.6) is 5.75 Å². The van der Waals surface area contributed by atoms with Gasteiger partial charge in [0.05, 0.1) is 19.2 Å². The number of methoxy groups -OCH3 is 1. The Labute approximate surface area is 105 Å². The van der Waals surface area contributed by atoms with E-state index in [0.29, 0.717) is 6.54 Å². The fraction of sp³-hybridized carbons (Fsp3) is 0.143. The zero-order valence-electron chi connectivity index (χ0n) is 10.1. The van der Waals surface area contributed by atoms with Crippen molar-refractivity contribution in [2.75, 3.05) is 7.11 Å². The van der Waals surface area contributed by atoms with Gasteiger partial charge in [0.1, 0.15) is 11.6 Å². The Hall–Kier alpha value is -2.36. The molecule has 4 heteroatoms. The molecule has 0 atom stereocenters. The van der Waals surface area contributed by atoms with Gasteiger partial charge in [-0.3, -0.25) is 0 Å². The maximum Gasteiger partial charge on any atom is 0.147 e. The molecule has 0 radical (unpaired) electrons. The number of aromatic nitrogens is 3. The first kappa shape index (κ1) is 10.8. The van der Waals surface area contributed by atoms with Crippen molar-refractivity contribution in [3.63, 3.8) is 0 Å². The smallest absolute Gasteiger partial charge is 0.147 e.